The van der Waals surface area contributed by atoms with Crippen LogP contribution in [0.2, 0.25) is 0 Å². The summed E-state index contributed by atoms with van der Waals surface area (Å²) >= 11 is 0. The van der Waals surface area contributed by atoms with E-state index in [0.717, 1.165) is 44.6 Å². The Morgan fingerprint density at radius 2 is 2.03 bits per heavy atom. The van der Waals surface area contributed by atoms with Gasteiger partial charge in [-0.25, -0.2) is 9.97 Å². The first-order chi connectivity index (χ1) is 15.9. The molecule has 0 saturated carbocycles. The Morgan fingerprint density at radius 1 is 1.21 bits per heavy atom. The fourth-order valence-corrected chi connectivity index (χ4v) is 4.05. The molecule has 166 valence electrons. The second-order valence-electron chi connectivity index (χ2n) is 7.97. The number of Topliss-reactive ketones (excluding diaryl/α,β-unsaturated/α-hetero) is 1. The second kappa shape index (κ2) is 9.20. The van der Waals surface area contributed by atoms with Gasteiger partial charge in [-0.3, -0.25) is 9.59 Å². The highest BCUT2D eigenvalue weighted by atomic mass is 16.2. The smallest absolute Gasteiger partial charge is 0.250 e. The van der Waals surface area contributed by atoms with Crippen LogP contribution in [0.25, 0.3) is 16.5 Å². The number of hydrogen-bond acceptors (Lipinski definition) is 5. The summed E-state index contributed by atoms with van der Waals surface area (Å²) in [6.07, 6.45) is 7.38. The zero-order valence-corrected chi connectivity index (χ0v) is 19.1. The Hall–Kier alpha value is -4.06. The molecule has 0 aliphatic heterocycles. The fourth-order valence-electron chi connectivity index (χ4n) is 4.05. The Labute approximate surface area is 193 Å². The van der Waals surface area contributed by atoms with E-state index in [1.807, 2.05) is 69.3 Å². The lowest BCUT2D eigenvalue weighted by atomic mass is 9.91. The van der Waals surface area contributed by atoms with E-state index in [1.165, 1.54) is 6.08 Å². The van der Waals surface area contributed by atoms with E-state index in [2.05, 4.69) is 21.9 Å². The lowest BCUT2D eigenvalue weighted by molar-refractivity contribution is -0.114. The van der Waals surface area contributed by atoms with Crippen molar-refractivity contribution in [3.05, 3.63) is 84.1 Å². The molecule has 2 aromatic carbocycles. The molecular weight excluding hydrogens is 412 g/mol. The zero-order valence-electron chi connectivity index (χ0n) is 19.1. The minimum absolute atomic E-state index is 0.125. The van der Waals surface area contributed by atoms with Crippen molar-refractivity contribution in [2.45, 2.75) is 27.2 Å². The van der Waals surface area contributed by atoms with E-state index in [-0.39, 0.29) is 11.7 Å². The Balaban J connectivity index is 1.63. The number of likely N-dealkylation sites (N-methyl/N-ethyl adjacent to an activating group) is 1. The van der Waals surface area contributed by atoms with E-state index in [1.54, 1.807) is 11.1 Å². The third-order valence-corrected chi connectivity index (χ3v) is 5.73. The highest BCUT2D eigenvalue weighted by molar-refractivity contribution is 6.23. The first-order valence-corrected chi connectivity index (χ1v) is 10.9. The molecule has 1 aliphatic rings. The van der Waals surface area contributed by atoms with Crippen molar-refractivity contribution >= 4 is 45.5 Å². The lowest BCUT2D eigenvalue weighted by Gasteiger charge is -2.22. The zero-order chi connectivity index (χ0) is 23.5. The van der Waals surface area contributed by atoms with Gasteiger partial charge >= 0.3 is 0 Å². The summed E-state index contributed by atoms with van der Waals surface area (Å²) in [7, 11) is 0. The second-order valence-corrected chi connectivity index (χ2v) is 7.97. The number of allylic oxidation sites excluding steroid dienone is 4. The van der Waals surface area contributed by atoms with Crippen LogP contribution >= 0.6 is 0 Å². The molecule has 3 aromatic rings. The molecule has 0 spiro atoms. The van der Waals surface area contributed by atoms with Crippen LogP contribution in [0.15, 0.2) is 73.0 Å². The molecule has 1 aromatic heterocycles. The molecule has 6 heteroatoms. The summed E-state index contributed by atoms with van der Waals surface area (Å²) in [5.74, 6) is 0.433. The number of rotatable bonds is 6. The lowest BCUT2D eigenvalue weighted by Crippen LogP contribution is -2.29. The van der Waals surface area contributed by atoms with Gasteiger partial charge in [0.15, 0.2) is 5.78 Å². The largest absolute Gasteiger partial charge is 0.324 e. The van der Waals surface area contributed by atoms with Crippen LogP contribution in [0.1, 0.15) is 31.4 Å². The summed E-state index contributed by atoms with van der Waals surface area (Å²) in [5.41, 5.74) is 5.96. The van der Waals surface area contributed by atoms with Crippen LogP contribution in [0.5, 0.6) is 0 Å². The van der Waals surface area contributed by atoms with Gasteiger partial charge in [0.05, 0.1) is 5.52 Å². The molecule has 33 heavy (non-hydrogen) atoms. The van der Waals surface area contributed by atoms with Crippen LogP contribution in [0.3, 0.4) is 0 Å². The SMILES string of the molecule is C=CC(=O)N(CC)c1cc(Nc2ncc3cc(C4=C(C)C=CCC4=O)ccc3n2)ccc1C. The minimum atomic E-state index is -0.146. The molecule has 0 atom stereocenters. The van der Waals surface area contributed by atoms with Crippen molar-refractivity contribution in [2.75, 3.05) is 16.8 Å². The molecule has 0 fully saturated rings. The number of carbonyl (C=O) groups excluding carboxylic acids is 2. The Kier molecular flexibility index (Phi) is 6.18. The third-order valence-electron chi connectivity index (χ3n) is 5.73. The van der Waals surface area contributed by atoms with Gasteiger partial charge < -0.3 is 10.2 Å². The molecular formula is C27H26N4O2. The number of hydrogen-bond donors (Lipinski definition) is 1. The van der Waals surface area contributed by atoms with Crippen LogP contribution in [-0.4, -0.2) is 28.2 Å². The minimum Gasteiger partial charge on any atom is -0.324 e. The number of anilines is 3. The quantitative estimate of drug-likeness (QED) is 0.513. The van der Waals surface area contributed by atoms with Crippen molar-refractivity contribution in [1.29, 1.82) is 0 Å². The average Bonchev–Trinajstić information content (AvgIpc) is 2.81. The number of ketones is 1. The highest BCUT2D eigenvalue weighted by Gasteiger charge is 2.17. The summed E-state index contributed by atoms with van der Waals surface area (Å²) in [4.78, 5) is 35.4. The maximum absolute atomic E-state index is 12.4. The number of carbonyl (C=O) groups is 2. The third kappa shape index (κ3) is 4.46. The van der Waals surface area contributed by atoms with Crippen LogP contribution < -0.4 is 10.2 Å². The number of aromatic nitrogens is 2. The topological polar surface area (TPSA) is 75.2 Å². The number of aryl methyl sites for hydroxylation is 1. The standard InChI is InChI=1S/C27H26N4O2/c1-5-25(33)31(6-2)23-15-21(12-10-17(23)3)29-27-28-16-20-14-19(11-13-22(20)30-27)26-18(4)8-7-9-24(26)32/h5,7-8,10-16H,1,6,9H2,2-4H3,(H,28,29,30). The van der Waals surface area contributed by atoms with Gasteiger partial charge in [0.1, 0.15) is 0 Å². The van der Waals surface area contributed by atoms with Gasteiger partial charge in [-0.1, -0.05) is 30.9 Å². The normalized spacial score (nSPS) is 13.4. The molecule has 0 saturated heterocycles. The van der Waals surface area contributed by atoms with Gasteiger partial charge in [0.25, 0.3) is 0 Å². The van der Waals surface area contributed by atoms with Gasteiger partial charge in [0.2, 0.25) is 11.9 Å². The van der Waals surface area contributed by atoms with Gasteiger partial charge in [-0.15, -0.1) is 0 Å². The summed E-state index contributed by atoms with van der Waals surface area (Å²) in [6, 6.07) is 11.6. The molecule has 1 amide bonds. The van der Waals surface area contributed by atoms with Crippen molar-refractivity contribution in [1.82, 2.24) is 9.97 Å². The van der Waals surface area contributed by atoms with Crippen molar-refractivity contribution in [2.24, 2.45) is 0 Å². The average molecular weight is 439 g/mol. The number of nitrogens with zero attached hydrogens (tertiary/aromatic N) is 3. The van der Waals surface area contributed by atoms with E-state index < -0.39 is 0 Å². The summed E-state index contributed by atoms with van der Waals surface area (Å²) in [5, 5.41) is 4.09. The van der Waals surface area contributed by atoms with E-state index in [4.69, 9.17) is 0 Å². The summed E-state index contributed by atoms with van der Waals surface area (Å²) in [6.45, 7) is 9.98. The van der Waals surface area contributed by atoms with E-state index in [9.17, 15) is 9.59 Å². The highest BCUT2D eigenvalue weighted by Crippen LogP contribution is 2.29. The molecule has 0 radical (unpaired) electrons. The van der Waals surface area contributed by atoms with Crippen LogP contribution in [-0.2, 0) is 9.59 Å². The first kappa shape index (κ1) is 22.1. The Bertz CT molecular complexity index is 1340. The summed E-state index contributed by atoms with van der Waals surface area (Å²) < 4.78 is 0. The monoisotopic (exact) mass is 438 g/mol. The predicted octanol–water partition coefficient (Wildman–Crippen LogP) is 5.52. The van der Waals surface area contributed by atoms with Crippen molar-refractivity contribution < 1.29 is 9.59 Å². The van der Waals surface area contributed by atoms with E-state index in [0.29, 0.717) is 18.9 Å². The Morgan fingerprint density at radius 3 is 2.76 bits per heavy atom. The first-order valence-electron chi connectivity index (χ1n) is 10.9. The predicted molar refractivity (Wildman–Crippen MR) is 134 cm³/mol. The molecule has 1 aliphatic carbocycles. The van der Waals surface area contributed by atoms with Gasteiger partial charge in [-0.05, 0) is 67.8 Å². The molecule has 0 bridgehead atoms. The number of fused-ring (bicyclic) bond motifs is 1. The van der Waals surface area contributed by atoms with Crippen LogP contribution in [0, 0.1) is 6.92 Å². The number of nitrogens with one attached hydrogen (secondary N) is 1. The van der Waals surface area contributed by atoms with Crippen molar-refractivity contribution in [3.8, 4) is 0 Å². The maximum atomic E-state index is 12.4. The molecule has 1 heterocycles. The molecule has 0 unspecified atom stereocenters. The fraction of sp³-hybridized carbons (Fsp3) is 0.185. The number of benzene rings is 2. The molecule has 4 rings (SSSR count). The van der Waals surface area contributed by atoms with Gasteiger partial charge in [0, 0.05) is 41.5 Å². The van der Waals surface area contributed by atoms with Gasteiger partial charge in [-0.2, -0.15) is 0 Å². The van der Waals surface area contributed by atoms with E-state index >= 15 is 0 Å². The van der Waals surface area contributed by atoms with Crippen molar-refractivity contribution in [3.63, 3.8) is 0 Å². The maximum Gasteiger partial charge on any atom is 0.250 e. The van der Waals surface area contributed by atoms with Crippen LogP contribution in [0.4, 0.5) is 17.3 Å². The molecule has 1 N–H and O–H groups in total. The number of amides is 1. The molecule has 6 nitrogen and oxygen atoms in total.